The Kier molecular flexibility index (Phi) is 5.06. The van der Waals surface area contributed by atoms with Crippen LogP contribution in [0.5, 0.6) is 0 Å². The Bertz CT molecular complexity index is 140. The summed E-state index contributed by atoms with van der Waals surface area (Å²) in [7, 11) is 1.89. The highest BCUT2D eigenvalue weighted by Gasteiger charge is 2.23. The van der Waals surface area contributed by atoms with E-state index >= 15 is 0 Å². The molecule has 0 rings (SSSR count). The molecular formula is C11H25NO2. The van der Waals surface area contributed by atoms with E-state index in [1.807, 2.05) is 48.6 Å². The van der Waals surface area contributed by atoms with E-state index in [1.54, 1.807) is 0 Å². The molecule has 0 amide bonds. The quantitative estimate of drug-likeness (QED) is 0.710. The van der Waals surface area contributed by atoms with Crippen molar-refractivity contribution in [3.05, 3.63) is 0 Å². The summed E-state index contributed by atoms with van der Waals surface area (Å²) in [5, 5.41) is 3.06. The van der Waals surface area contributed by atoms with E-state index in [1.165, 1.54) is 0 Å². The molecule has 0 saturated heterocycles. The van der Waals surface area contributed by atoms with Crippen LogP contribution in [0.1, 0.15) is 41.5 Å². The molecule has 0 radical (unpaired) electrons. The topological polar surface area (TPSA) is 30.5 Å². The lowest BCUT2D eigenvalue weighted by molar-refractivity contribution is -0.230. The lowest BCUT2D eigenvalue weighted by Gasteiger charge is -2.32. The van der Waals surface area contributed by atoms with E-state index < -0.39 is 0 Å². The van der Waals surface area contributed by atoms with Crippen LogP contribution in [0.2, 0.25) is 0 Å². The lowest BCUT2D eigenvalue weighted by atomic mass is 10.2. The standard InChI is InChI=1S/C11H25NO2/c1-10(2,3)13-9(8-12-7)14-11(4,5)6/h9,12H,8H2,1-7H3. The maximum Gasteiger partial charge on any atom is 0.171 e. The van der Waals surface area contributed by atoms with Crippen molar-refractivity contribution in [2.45, 2.75) is 59.0 Å². The van der Waals surface area contributed by atoms with Crippen molar-refractivity contribution in [2.75, 3.05) is 13.6 Å². The summed E-state index contributed by atoms with van der Waals surface area (Å²) in [6, 6.07) is 0. The van der Waals surface area contributed by atoms with Crippen molar-refractivity contribution < 1.29 is 9.47 Å². The number of rotatable bonds is 4. The highest BCUT2D eigenvalue weighted by atomic mass is 16.7. The third-order valence-electron chi connectivity index (χ3n) is 1.34. The van der Waals surface area contributed by atoms with Crippen molar-refractivity contribution in [1.29, 1.82) is 0 Å². The average molecular weight is 203 g/mol. The molecule has 0 bridgehead atoms. The van der Waals surface area contributed by atoms with Gasteiger partial charge in [0.15, 0.2) is 6.29 Å². The second kappa shape index (κ2) is 5.10. The van der Waals surface area contributed by atoms with Gasteiger partial charge in [-0.25, -0.2) is 0 Å². The molecule has 3 heteroatoms. The first kappa shape index (κ1) is 13.9. The van der Waals surface area contributed by atoms with Crippen LogP contribution in [0.15, 0.2) is 0 Å². The summed E-state index contributed by atoms with van der Waals surface area (Å²) in [6.07, 6.45) is -0.194. The van der Waals surface area contributed by atoms with Crippen molar-refractivity contribution >= 4 is 0 Å². The summed E-state index contributed by atoms with van der Waals surface area (Å²) < 4.78 is 11.5. The van der Waals surface area contributed by atoms with Crippen molar-refractivity contribution in [3.8, 4) is 0 Å². The molecule has 0 spiro atoms. The molecule has 0 aromatic rings. The van der Waals surface area contributed by atoms with Crippen LogP contribution in [0.4, 0.5) is 0 Å². The number of hydrogen-bond acceptors (Lipinski definition) is 3. The number of hydrogen-bond donors (Lipinski definition) is 1. The summed E-state index contributed by atoms with van der Waals surface area (Å²) in [6.45, 7) is 12.9. The van der Waals surface area contributed by atoms with E-state index in [0.29, 0.717) is 6.54 Å². The molecule has 0 saturated carbocycles. The Hall–Kier alpha value is -0.120. The summed E-state index contributed by atoms with van der Waals surface area (Å²) >= 11 is 0. The smallest absolute Gasteiger partial charge is 0.171 e. The molecule has 0 aliphatic carbocycles. The second-order valence-electron chi connectivity index (χ2n) is 5.45. The minimum atomic E-state index is -0.194. The van der Waals surface area contributed by atoms with Gasteiger partial charge in [-0.05, 0) is 48.6 Å². The average Bonchev–Trinajstić information content (AvgIpc) is 1.78. The SMILES string of the molecule is CNCC(OC(C)(C)C)OC(C)(C)C. The minimum absolute atomic E-state index is 0.174. The fourth-order valence-electron chi connectivity index (χ4n) is 1.06. The Balaban J connectivity index is 4.16. The van der Waals surface area contributed by atoms with E-state index in [0.717, 1.165) is 0 Å². The predicted octanol–water partition coefficient (Wildman–Crippen LogP) is 2.16. The molecule has 3 nitrogen and oxygen atoms in total. The molecule has 0 aromatic carbocycles. The van der Waals surface area contributed by atoms with E-state index in [4.69, 9.17) is 9.47 Å². The van der Waals surface area contributed by atoms with Gasteiger partial charge in [-0.15, -0.1) is 0 Å². The molecular weight excluding hydrogens is 178 g/mol. The van der Waals surface area contributed by atoms with Gasteiger partial charge < -0.3 is 14.8 Å². The second-order valence-corrected chi connectivity index (χ2v) is 5.45. The highest BCUT2D eigenvalue weighted by molar-refractivity contribution is 4.66. The van der Waals surface area contributed by atoms with Crippen molar-refractivity contribution in [2.24, 2.45) is 0 Å². The molecule has 86 valence electrons. The molecule has 0 aliphatic rings. The zero-order chi connectivity index (χ0) is 11.4. The van der Waals surface area contributed by atoms with E-state index in [-0.39, 0.29) is 17.5 Å². The zero-order valence-electron chi connectivity index (χ0n) is 10.6. The van der Waals surface area contributed by atoms with Crippen LogP contribution in [0.3, 0.4) is 0 Å². The number of nitrogens with one attached hydrogen (secondary N) is 1. The Labute approximate surface area is 88.2 Å². The molecule has 0 aliphatic heterocycles. The fourth-order valence-corrected chi connectivity index (χ4v) is 1.06. The van der Waals surface area contributed by atoms with Gasteiger partial charge in [-0.1, -0.05) is 0 Å². The van der Waals surface area contributed by atoms with Crippen molar-refractivity contribution in [1.82, 2.24) is 5.32 Å². The normalized spacial score (nSPS) is 13.7. The molecule has 0 fully saturated rings. The van der Waals surface area contributed by atoms with E-state index in [2.05, 4.69) is 5.32 Å². The molecule has 1 N–H and O–H groups in total. The van der Waals surface area contributed by atoms with Gasteiger partial charge in [-0.2, -0.15) is 0 Å². The Morgan fingerprint density at radius 3 is 1.50 bits per heavy atom. The summed E-state index contributed by atoms with van der Waals surface area (Å²) in [5.41, 5.74) is -0.348. The van der Waals surface area contributed by atoms with Crippen LogP contribution in [0.25, 0.3) is 0 Å². The third kappa shape index (κ3) is 8.48. The van der Waals surface area contributed by atoms with Gasteiger partial charge in [0.1, 0.15) is 0 Å². The lowest BCUT2D eigenvalue weighted by Crippen LogP contribution is -2.40. The molecule has 0 heterocycles. The van der Waals surface area contributed by atoms with Gasteiger partial charge in [-0.3, -0.25) is 0 Å². The van der Waals surface area contributed by atoms with Crippen LogP contribution in [0, 0.1) is 0 Å². The first-order valence-corrected chi connectivity index (χ1v) is 5.14. The fraction of sp³-hybridized carbons (Fsp3) is 1.00. The van der Waals surface area contributed by atoms with Gasteiger partial charge in [0.25, 0.3) is 0 Å². The maximum absolute atomic E-state index is 5.77. The van der Waals surface area contributed by atoms with Gasteiger partial charge in [0.2, 0.25) is 0 Å². The Morgan fingerprint density at radius 1 is 0.929 bits per heavy atom. The summed E-state index contributed by atoms with van der Waals surface area (Å²) in [4.78, 5) is 0. The van der Waals surface area contributed by atoms with Crippen LogP contribution in [-0.4, -0.2) is 31.1 Å². The minimum Gasteiger partial charge on any atom is -0.346 e. The molecule has 14 heavy (non-hydrogen) atoms. The maximum atomic E-state index is 5.77. The van der Waals surface area contributed by atoms with Gasteiger partial charge in [0.05, 0.1) is 11.2 Å². The molecule has 0 aromatic heterocycles. The summed E-state index contributed by atoms with van der Waals surface area (Å²) in [5.74, 6) is 0. The van der Waals surface area contributed by atoms with Crippen LogP contribution < -0.4 is 5.32 Å². The van der Waals surface area contributed by atoms with Crippen LogP contribution in [-0.2, 0) is 9.47 Å². The van der Waals surface area contributed by atoms with Gasteiger partial charge >= 0.3 is 0 Å². The molecule has 0 unspecified atom stereocenters. The third-order valence-corrected chi connectivity index (χ3v) is 1.34. The first-order valence-electron chi connectivity index (χ1n) is 5.14. The zero-order valence-corrected chi connectivity index (χ0v) is 10.6. The largest absolute Gasteiger partial charge is 0.346 e. The highest BCUT2D eigenvalue weighted by Crippen LogP contribution is 2.17. The number of ether oxygens (including phenoxy) is 2. The van der Waals surface area contributed by atoms with E-state index in [9.17, 15) is 0 Å². The van der Waals surface area contributed by atoms with Gasteiger partial charge in [0, 0.05) is 6.54 Å². The Morgan fingerprint density at radius 2 is 1.29 bits per heavy atom. The predicted molar refractivity (Wildman–Crippen MR) is 59.4 cm³/mol. The van der Waals surface area contributed by atoms with Crippen LogP contribution >= 0.6 is 0 Å². The van der Waals surface area contributed by atoms with Crippen molar-refractivity contribution in [3.63, 3.8) is 0 Å². The molecule has 0 atom stereocenters. The number of likely N-dealkylation sites (N-methyl/N-ethyl adjacent to an activating group) is 1. The first-order chi connectivity index (χ1) is 6.14. The monoisotopic (exact) mass is 203 g/mol.